The predicted molar refractivity (Wildman–Crippen MR) is 83.7 cm³/mol. The minimum Gasteiger partial charge on any atom is -0.308 e. The maximum Gasteiger partial charge on any atom is 0.156 e. The van der Waals surface area contributed by atoms with Crippen molar-refractivity contribution in [2.45, 2.75) is 63.8 Å². The maximum atomic E-state index is 12.3. The Kier molecular flexibility index (Phi) is 4.27. The van der Waals surface area contributed by atoms with E-state index in [2.05, 4.69) is 24.1 Å². The molecule has 1 N–H and O–H groups in total. The highest BCUT2D eigenvalue weighted by atomic mass is 32.2. The van der Waals surface area contributed by atoms with Gasteiger partial charge in [-0.1, -0.05) is 0 Å². The Hall–Kier alpha value is -0.130. The number of hydrogen-bond donors (Lipinski definition) is 1. The lowest BCUT2D eigenvalue weighted by Crippen LogP contribution is -2.63. The van der Waals surface area contributed by atoms with Crippen molar-refractivity contribution in [2.75, 3.05) is 25.4 Å². The molecule has 1 heterocycles. The summed E-state index contributed by atoms with van der Waals surface area (Å²) in [6, 6.07) is 0.414. The molecule has 0 amide bonds. The summed E-state index contributed by atoms with van der Waals surface area (Å²) in [4.78, 5) is 2.36. The molecule has 0 radical (unpaired) electrons. The molecule has 1 saturated carbocycles. The first kappa shape index (κ1) is 16.2. The maximum absolute atomic E-state index is 12.3. The molecular weight excluding hydrogens is 272 g/mol. The van der Waals surface area contributed by atoms with Crippen LogP contribution in [0.3, 0.4) is 0 Å². The summed E-state index contributed by atoms with van der Waals surface area (Å²) in [6.07, 6.45) is 2.62. The second-order valence-electron chi connectivity index (χ2n) is 7.82. The average molecular weight is 302 g/mol. The lowest BCUT2D eigenvalue weighted by Gasteiger charge is -2.45. The van der Waals surface area contributed by atoms with E-state index >= 15 is 0 Å². The van der Waals surface area contributed by atoms with Crippen molar-refractivity contribution in [3.63, 3.8) is 0 Å². The second-order valence-corrected chi connectivity index (χ2v) is 10.7. The monoisotopic (exact) mass is 302 g/mol. The molecule has 5 heteroatoms. The topological polar surface area (TPSA) is 49.4 Å². The fourth-order valence-corrected chi connectivity index (χ4v) is 4.07. The summed E-state index contributed by atoms with van der Waals surface area (Å²) < 4.78 is 23.9. The number of hydrogen-bond acceptors (Lipinski definition) is 4. The van der Waals surface area contributed by atoms with E-state index in [0.29, 0.717) is 12.6 Å². The van der Waals surface area contributed by atoms with E-state index in [-0.39, 0.29) is 11.3 Å². The van der Waals surface area contributed by atoms with Crippen molar-refractivity contribution in [3.8, 4) is 0 Å². The van der Waals surface area contributed by atoms with Gasteiger partial charge < -0.3 is 5.32 Å². The van der Waals surface area contributed by atoms with Gasteiger partial charge in [0.05, 0.1) is 10.5 Å². The molecule has 1 aliphatic heterocycles. The molecule has 20 heavy (non-hydrogen) atoms. The fraction of sp³-hybridized carbons (Fsp3) is 1.00. The van der Waals surface area contributed by atoms with Crippen LogP contribution in [0.15, 0.2) is 0 Å². The number of sulfone groups is 1. The van der Waals surface area contributed by atoms with Crippen LogP contribution < -0.4 is 5.32 Å². The highest BCUT2D eigenvalue weighted by Crippen LogP contribution is 2.41. The van der Waals surface area contributed by atoms with Crippen molar-refractivity contribution in [1.29, 1.82) is 0 Å². The van der Waals surface area contributed by atoms with Crippen molar-refractivity contribution in [2.24, 2.45) is 5.92 Å². The molecule has 1 aliphatic carbocycles. The van der Waals surface area contributed by atoms with Crippen LogP contribution in [-0.4, -0.2) is 55.0 Å². The summed E-state index contributed by atoms with van der Waals surface area (Å²) in [5.74, 6) is 1.04. The Labute approximate surface area is 124 Å². The van der Waals surface area contributed by atoms with Crippen LogP contribution in [0.25, 0.3) is 0 Å². The van der Waals surface area contributed by atoms with Crippen LogP contribution in [0.4, 0.5) is 0 Å². The molecular formula is C15H30N2O2S. The van der Waals surface area contributed by atoms with E-state index in [1.807, 2.05) is 0 Å². The van der Waals surface area contributed by atoms with Crippen molar-refractivity contribution >= 4 is 9.84 Å². The van der Waals surface area contributed by atoms with Gasteiger partial charge in [-0.2, -0.15) is 0 Å². The molecule has 118 valence electrons. The van der Waals surface area contributed by atoms with E-state index in [9.17, 15) is 8.42 Å². The van der Waals surface area contributed by atoms with Gasteiger partial charge in [0.1, 0.15) is 0 Å². The molecule has 0 aromatic heterocycles. The van der Waals surface area contributed by atoms with Crippen LogP contribution in [0, 0.1) is 5.92 Å². The van der Waals surface area contributed by atoms with E-state index in [1.54, 1.807) is 20.8 Å². The van der Waals surface area contributed by atoms with Crippen molar-refractivity contribution in [1.82, 2.24) is 10.2 Å². The van der Waals surface area contributed by atoms with Gasteiger partial charge in [-0.15, -0.1) is 0 Å². The van der Waals surface area contributed by atoms with Gasteiger partial charge in [0.25, 0.3) is 0 Å². The van der Waals surface area contributed by atoms with Gasteiger partial charge in [-0.25, -0.2) is 8.42 Å². The molecule has 0 aromatic carbocycles. The Morgan fingerprint density at radius 2 is 1.90 bits per heavy atom. The third-order valence-corrected chi connectivity index (χ3v) is 7.60. The van der Waals surface area contributed by atoms with Crippen LogP contribution in [0.1, 0.15) is 47.5 Å². The normalized spacial score (nSPS) is 33.4. The summed E-state index contributed by atoms with van der Waals surface area (Å²) >= 11 is 0. The molecule has 2 rings (SSSR count). The van der Waals surface area contributed by atoms with Gasteiger partial charge in [-0.3, -0.25) is 4.90 Å². The van der Waals surface area contributed by atoms with E-state index < -0.39 is 14.6 Å². The molecule has 2 aliphatic rings. The third-order valence-electron chi connectivity index (χ3n) is 5.01. The third kappa shape index (κ3) is 3.37. The van der Waals surface area contributed by atoms with Crippen LogP contribution >= 0.6 is 0 Å². The molecule has 0 spiro atoms. The second kappa shape index (κ2) is 5.25. The van der Waals surface area contributed by atoms with Gasteiger partial charge in [0.2, 0.25) is 0 Å². The Morgan fingerprint density at radius 1 is 1.30 bits per heavy atom. The summed E-state index contributed by atoms with van der Waals surface area (Å²) in [5, 5.41) is 3.67. The quantitative estimate of drug-likeness (QED) is 0.858. The van der Waals surface area contributed by atoms with Gasteiger partial charge in [-0.05, 0) is 53.4 Å². The summed E-state index contributed by atoms with van der Waals surface area (Å²) in [6.45, 7) is 12.4. The Balaban J connectivity index is 1.97. The lowest BCUT2D eigenvalue weighted by molar-refractivity contribution is 0.0890. The van der Waals surface area contributed by atoms with Crippen LogP contribution in [0.2, 0.25) is 0 Å². The number of nitrogens with one attached hydrogen (secondary N) is 1. The Morgan fingerprint density at radius 3 is 2.40 bits per heavy atom. The first-order valence-corrected chi connectivity index (χ1v) is 9.42. The lowest BCUT2D eigenvalue weighted by atomic mass is 9.91. The SMILES string of the molecule is CC1CNC(C)(C2CC2)CN1CCS(=O)(=O)C(C)(C)C. The van der Waals surface area contributed by atoms with Crippen molar-refractivity contribution < 1.29 is 8.42 Å². The fourth-order valence-electron chi connectivity index (χ4n) is 2.98. The van der Waals surface area contributed by atoms with Gasteiger partial charge >= 0.3 is 0 Å². The molecule has 2 fully saturated rings. The van der Waals surface area contributed by atoms with Crippen LogP contribution in [0.5, 0.6) is 0 Å². The predicted octanol–water partition coefficient (Wildman–Crippen LogP) is 1.66. The summed E-state index contributed by atoms with van der Waals surface area (Å²) in [7, 11) is -3.02. The minimum atomic E-state index is -3.02. The zero-order chi connectivity index (χ0) is 15.2. The smallest absolute Gasteiger partial charge is 0.156 e. The molecule has 2 unspecified atom stereocenters. The van der Waals surface area contributed by atoms with Crippen LogP contribution in [-0.2, 0) is 9.84 Å². The molecule has 0 aromatic rings. The first-order valence-electron chi connectivity index (χ1n) is 7.76. The van der Waals surface area contributed by atoms with E-state index in [1.165, 1.54) is 12.8 Å². The standard InChI is InChI=1S/C15H30N2O2S/c1-12-10-16-15(5,13-6-7-13)11-17(12)8-9-20(18,19)14(2,3)4/h12-13,16H,6-11H2,1-5H3. The summed E-state index contributed by atoms with van der Waals surface area (Å²) in [5.41, 5.74) is 0.179. The molecule has 0 bridgehead atoms. The minimum absolute atomic E-state index is 0.179. The number of nitrogens with zero attached hydrogens (tertiary/aromatic N) is 1. The average Bonchev–Trinajstić information content (AvgIpc) is 3.13. The number of rotatable bonds is 4. The first-order chi connectivity index (χ1) is 9.05. The zero-order valence-corrected chi connectivity index (χ0v) is 14.4. The van der Waals surface area contributed by atoms with Crippen molar-refractivity contribution in [3.05, 3.63) is 0 Å². The van der Waals surface area contributed by atoms with E-state index in [4.69, 9.17) is 0 Å². The Bertz CT molecular complexity index is 451. The molecule has 1 saturated heterocycles. The molecule has 2 atom stereocenters. The largest absolute Gasteiger partial charge is 0.308 e. The zero-order valence-electron chi connectivity index (χ0n) is 13.6. The highest BCUT2D eigenvalue weighted by molar-refractivity contribution is 7.92. The van der Waals surface area contributed by atoms with Gasteiger partial charge in [0.15, 0.2) is 9.84 Å². The number of piperazine rings is 1. The molecule has 4 nitrogen and oxygen atoms in total. The van der Waals surface area contributed by atoms with Gasteiger partial charge in [0, 0.05) is 31.2 Å². The van der Waals surface area contributed by atoms with E-state index in [0.717, 1.165) is 19.0 Å². The highest BCUT2D eigenvalue weighted by Gasteiger charge is 2.45.